The van der Waals surface area contributed by atoms with E-state index in [2.05, 4.69) is 12.2 Å². The summed E-state index contributed by atoms with van der Waals surface area (Å²) in [5, 5.41) is 2.97. The van der Waals surface area contributed by atoms with Gasteiger partial charge in [-0.3, -0.25) is 4.79 Å². The number of ether oxygens (including phenoxy) is 2. The number of hydrogen-bond acceptors (Lipinski definition) is 4. The molecule has 0 atom stereocenters. The number of nitrogens with two attached hydrogens (primary N) is 1. The van der Waals surface area contributed by atoms with Crippen molar-refractivity contribution in [2.24, 2.45) is 5.73 Å². The Morgan fingerprint density at radius 2 is 1.81 bits per heavy atom. The van der Waals surface area contributed by atoms with Crippen molar-refractivity contribution in [3.63, 3.8) is 0 Å². The molecule has 0 saturated carbocycles. The second-order valence-electron chi connectivity index (χ2n) is 7.56. The molecule has 0 saturated heterocycles. The molecular formula is C21H36N2O3. The quantitative estimate of drug-likeness (QED) is 0.515. The van der Waals surface area contributed by atoms with Crippen molar-refractivity contribution >= 4 is 5.91 Å². The van der Waals surface area contributed by atoms with Crippen molar-refractivity contribution in [2.75, 3.05) is 13.7 Å². The summed E-state index contributed by atoms with van der Waals surface area (Å²) in [6.45, 7) is 6.92. The topological polar surface area (TPSA) is 73.6 Å². The molecule has 0 unspecified atom stereocenters. The maximum absolute atomic E-state index is 12.0. The maximum Gasteiger partial charge on any atom is 0.220 e. The van der Waals surface area contributed by atoms with Gasteiger partial charge in [-0.25, -0.2) is 0 Å². The number of carbonyl (C=O) groups excluding carboxylic acids is 1. The highest BCUT2D eigenvalue weighted by Gasteiger charge is 2.14. The van der Waals surface area contributed by atoms with Gasteiger partial charge in [0, 0.05) is 18.5 Å². The summed E-state index contributed by atoms with van der Waals surface area (Å²) in [5.41, 5.74) is 6.52. The molecule has 0 aliphatic heterocycles. The van der Waals surface area contributed by atoms with Gasteiger partial charge in [-0.1, -0.05) is 45.1 Å². The van der Waals surface area contributed by atoms with Crippen LogP contribution in [0.2, 0.25) is 0 Å². The highest BCUT2D eigenvalue weighted by atomic mass is 16.5. The van der Waals surface area contributed by atoms with Crippen LogP contribution < -0.4 is 20.5 Å². The van der Waals surface area contributed by atoms with Crippen LogP contribution >= 0.6 is 0 Å². The lowest BCUT2D eigenvalue weighted by Gasteiger charge is -2.20. The number of rotatable bonds is 13. The van der Waals surface area contributed by atoms with Gasteiger partial charge in [-0.2, -0.15) is 0 Å². The molecule has 0 radical (unpaired) electrons. The first-order chi connectivity index (χ1) is 12.4. The molecule has 1 rings (SSSR count). The number of amides is 1. The van der Waals surface area contributed by atoms with Crippen LogP contribution in [-0.2, 0) is 11.3 Å². The molecule has 0 bridgehead atoms. The van der Waals surface area contributed by atoms with Crippen molar-refractivity contribution in [1.82, 2.24) is 5.32 Å². The molecule has 0 aliphatic carbocycles. The van der Waals surface area contributed by atoms with Crippen LogP contribution in [0.4, 0.5) is 0 Å². The Bertz CT molecular complexity index is 539. The van der Waals surface area contributed by atoms with Crippen molar-refractivity contribution in [3.8, 4) is 11.5 Å². The van der Waals surface area contributed by atoms with Gasteiger partial charge in [0.15, 0.2) is 11.5 Å². The first kappa shape index (κ1) is 22.3. The Balaban J connectivity index is 2.39. The first-order valence-electron chi connectivity index (χ1n) is 9.71. The molecule has 0 aliphatic rings. The summed E-state index contributed by atoms with van der Waals surface area (Å²) in [6.07, 6.45) is 7.71. The van der Waals surface area contributed by atoms with Crippen LogP contribution in [0.3, 0.4) is 0 Å². The van der Waals surface area contributed by atoms with Crippen LogP contribution in [0.25, 0.3) is 0 Å². The minimum Gasteiger partial charge on any atom is -0.493 e. The number of hydrogen-bond donors (Lipinski definition) is 2. The average Bonchev–Trinajstić information content (AvgIpc) is 2.60. The predicted octanol–water partition coefficient (Wildman–Crippen LogP) is 4.18. The smallest absolute Gasteiger partial charge is 0.220 e. The van der Waals surface area contributed by atoms with E-state index in [1.165, 1.54) is 25.7 Å². The average molecular weight is 365 g/mol. The molecule has 0 fully saturated rings. The van der Waals surface area contributed by atoms with Crippen molar-refractivity contribution in [1.29, 1.82) is 0 Å². The molecular weight excluding hydrogens is 328 g/mol. The van der Waals surface area contributed by atoms with E-state index in [-0.39, 0.29) is 5.91 Å². The van der Waals surface area contributed by atoms with Crippen LogP contribution in [0.5, 0.6) is 11.5 Å². The van der Waals surface area contributed by atoms with Gasteiger partial charge < -0.3 is 20.5 Å². The van der Waals surface area contributed by atoms with Crippen LogP contribution in [0, 0.1) is 0 Å². The lowest BCUT2D eigenvalue weighted by Crippen LogP contribution is -2.38. The van der Waals surface area contributed by atoms with E-state index in [1.807, 2.05) is 32.0 Å². The SMILES string of the molecule is CCCCCCCCC(=O)NCc1ccc(OCC(C)(C)N)c(OC)c1. The van der Waals surface area contributed by atoms with E-state index >= 15 is 0 Å². The fourth-order valence-corrected chi connectivity index (χ4v) is 2.56. The van der Waals surface area contributed by atoms with E-state index in [9.17, 15) is 4.79 Å². The van der Waals surface area contributed by atoms with E-state index in [1.54, 1.807) is 7.11 Å². The number of methoxy groups -OCH3 is 1. The van der Waals surface area contributed by atoms with Gasteiger partial charge in [-0.05, 0) is 38.0 Å². The summed E-state index contributed by atoms with van der Waals surface area (Å²) in [4.78, 5) is 12.0. The second kappa shape index (κ2) is 11.8. The number of nitrogens with one attached hydrogen (secondary N) is 1. The molecule has 0 heterocycles. The van der Waals surface area contributed by atoms with Gasteiger partial charge >= 0.3 is 0 Å². The molecule has 0 aromatic heterocycles. The Labute approximate surface area is 158 Å². The van der Waals surface area contributed by atoms with Gasteiger partial charge in [-0.15, -0.1) is 0 Å². The first-order valence-corrected chi connectivity index (χ1v) is 9.71. The third-order valence-electron chi connectivity index (χ3n) is 4.07. The third kappa shape index (κ3) is 9.66. The van der Waals surface area contributed by atoms with Gasteiger partial charge in [0.1, 0.15) is 6.61 Å². The monoisotopic (exact) mass is 364 g/mol. The number of benzene rings is 1. The van der Waals surface area contributed by atoms with Gasteiger partial charge in [0.05, 0.1) is 7.11 Å². The van der Waals surface area contributed by atoms with Crippen molar-refractivity contribution < 1.29 is 14.3 Å². The Morgan fingerprint density at radius 1 is 1.12 bits per heavy atom. The minimum absolute atomic E-state index is 0.102. The largest absolute Gasteiger partial charge is 0.493 e. The van der Waals surface area contributed by atoms with Crippen LogP contribution in [0.1, 0.15) is 71.3 Å². The summed E-state index contributed by atoms with van der Waals surface area (Å²) >= 11 is 0. The predicted molar refractivity (Wildman–Crippen MR) is 107 cm³/mol. The van der Waals surface area contributed by atoms with E-state index in [0.717, 1.165) is 18.4 Å². The Hall–Kier alpha value is -1.75. The lowest BCUT2D eigenvalue weighted by atomic mass is 10.1. The molecule has 0 spiro atoms. The number of unbranched alkanes of at least 4 members (excludes halogenated alkanes) is 5. The molecule has 5 heteroatoms. The second-order valence-corrected chi connectivity index (χ2v) is 7.56. The summed E-state index contributed by atoms with van der Waals surface area (Å²) in [5.74, 6) is 1.41. The van der Waals surface area contributed by atoms with E-state index in [4.69, 9.17) is 15.2 Å². The molecule has 5 nitrogen and oxygen atoms in total. The molecule has 26 heavy (non-hydrogen) atoms. The fraction of sp³-hybridized carbons (Fsp3) is 0.667. The summed E-state index contributed by atoms with van der Waals surface area (Å²) in [7, 11) is 1.61. The van der Waals surface area contributed by atoms with Crippen molar-refractivity contribution in [3.05, 3.63) is 23.8 Å². The molecule has 1 aromatic carbocycles. The van der Waals surface area contributed by atoms with Crippen molar-refractivity contribution in [2.45, 2.75) is 77.8 Å². The Kier molecular flexibility index (Phi) is 10.1. The number of carbonyl (C=O) groups is 1. The minimum atomic E-state index is -0.409. The highest BCUT2D eigenvalue weighted by molar-refractivity contribution is 5.75. The van der Waals surface area contributed by atoms with Crippen LogP contribution in [0.15, 0.2) is 18.2 Å². The zero-order chi connectivity index (χ0) is 19.4. The summed E-state index contributed by atoms with van der Waals surface area (Å²) in [6, 6.07) is 5.69. The highest BCUT2D eigenvalue weighted by Crippen LogP contribution is 2.28. The standard InChI is InChI=1S/C21H36N2O3/c1-5-6-7-8-9-10-11-20(24)23-15-17-12-13-18(19(14-17)25-4)26-16-21(2,3)22/h12-14H,5-11,15-16,22H2,1-4H3,(H,23,24). The molecule has 148 valence electrons. The zero-order valence-electron chi connectivity index (χ0n) is 16.9. The maximum atomic E-state index is 12.0. The normalized spacial score (nSPS) is 11.3. The fourth-order valence-electron chi connectivity index (χ4n) is 2.56. The van der Waals surface area contributed by atoms with Gasteiger partial charge in [0.25, 0.3) is 0 Å². The summed E-state index contributed by atoms with van der Waals surface area (Å²) < 4.78 is 11.1. The van der Waals surface area contributed by atoms with E-state index in [0.29, 0.717) is 31.1 Å². The third-order valence-corrected chi connectivity index (χ3v) is 4.07. The molecule has 1 aromatic rings. The lowest BCUT2D eigenvalue weighted by molar-refractivity contribution is -0.121. The zero-order valence-corrected chi connectivity index (χ0v) is 16.9. The van der Waals surface area contributed by atoms with Gasteiger partial charge in [0.2, 0.25) is 5.91 Å². The Morgan fingerprint density at radius 3 is 2.46 bits per heavy atom. The van der Waals surface area contributed by atoms with E-state index < -0.39 is 5.54 Å². The molecule has 1 amide bonds. The molecule has 3 N–H and O–H groups in total. The van der Waals surface area contributed by atoms with Crippen LogP contribution in [-0.4, -0.2) is 25.2 Å².